The molecule has 1 amide bonds. The van der Waals surface area contributed by atoms with Gasteiger partial charge in [-0.25, -0.2) is 4.79 Å². The molecule has 5 heteroatoms. The Hall–Kier alpha value is -0.810. The Balaban J connectivity index is 2.60. The van der Waals surface area contributed by atoms with Crippen molar-refractivity contribution in [3.8, 4) is 0 Å². The van der Waals surface area contributed by atoms with E-state index in [1.807, 2.05) is 27.7 Å². The molecule has 1 atom stereocenters. The van der Waals surface area contributed by atoms with Crippen molar-refractivity contribution in [2.45, 2.75) is 77.9 Å². The van der Waals surface area contributed by atoms with Gasteiger partial charge in [0.15, 0.2) is 0 Å². The summed E-state index contributed by atoms with van der Waals surface area (Å²) in [4.78, 5) is 18.1. The van der Waals surface area contributed by atoms with Crippen LogP contribution in [0.5, 0.6) is 0 Å². The maximum absolute atomic E-state index is 12.3. The van der Waals surface area contributed by atoms with Crippen molar-refractivity contribution in [1.82, 2.24) is 5.06 Å². The van der Waals surface area contributed by atoms with E-state index in [2.05, 4.69) is 0 Å². The summed E-state index contributed by atoms with van der Waals surface area (Å²) in [7, 11) is 0. The van der Waals surface area contributed by atoms with Crippen LogP contribution in [0.3, 0.4) is 0 Å². The first-order chi connectivity index (χ1) is 9.87. The lowest BCUT2D eigenvalue weighted by Crippen LogP contribution is -2.47. The van der Waals surface area contributed by atoms with Crippen molar-refractivity contribution in [2.75, 3.05) is 13.2 Å². The van der Waals surface area contributed by atoms with Crippen LogP contribution in [-0.4, -0.2) is 36.0 Å². The SMILES string of the molecule is CCC(CN)N(OCC1CCCCC1)C(=O)OC(C)(C)C. The first-order valence-corrected chi connectivity index (χ1v) is 8.22. The Bertz CT molecular complexity index is 305. The molecule has 1 fully saturated rings. The molecule has 1 aliphatic carbocycles. The number of amides is 1. The fourth-order valence-electron chi connectivity index (χ4n) is 2.58. The number of nitrogens with two attached hydrogens (primary N) is 1. The standard InChI is InChI=1S/C16H32N2O3/c1-5-14(11-17)18(15(19)21-16(2,3)4)20-12-13-9-7-6-8-10-13/h13-14H,5-12,17H2,1-4H3. The van der Waals surface area contributed by atoms with E-state index in [1.165, 1.54) is 37.2 Å². The molecule has 0 radical (unpaired) electrons. The lowest BCUT2D eigenvalue weighted by atomic mass is 9.90. The topological polar surface area (TPSA) is 64.8 Å². The number of hydroxylamine groups is 2. The van der Waals surface area contributed by atoms with Crippen molar-refractivity contribution < 1.29 is 14.4 Å². The molecule has 1 aliphatic rings. The molecule has 0 saturated heterocycles. The van der Waals surface area contributed by atoms with E-state index in [0.29, 0.717) is 19.1 Å². The molecule has 0 aromatic carbocycles. The zero-order valence-electron chi connectivity index (χ0n) is 14.1. The molecule has 0 aromatic heterocycles. The number of nitrogens with zero attached hydrogens (tertiary/aromatic N) is 1. The van der Waals surface area contributed by atoms with Gasteiger partial charge >= 0.3 is 6.09 Å². The highest BCUT2D eigenvalue weighted by Crippen LogP contribution is 2.24. The third-order valence-corrected chi connectivity index (χ3v) is 3.82. The zero-order valence-corrected chi connectivity index (χ0v) is 14.1. The number of hydrogen-bond acceptors (Lipinski definition) is 4. The maximum atomic E-state index is 12.3. The third kappa shape index (κ3) is 6.66. The van der Waals surface area contributed by atoms with Crippen molar-refractivity contribution in [3.05, 3.63) is 0 Å². The molecule has 5 nitrogen and oxygen atoms in total. The molecule has 1 saturated carbocycles. The summed E-state index contributed by atoms with van der Waals surface area (Å²) < 4.78 is 5.43. The average Bonchev–Trinajstić information content (AvgIpc) is 2.42. The summed E-state index contributed by atoms with van der Waals surface area (Å²) in [6.07, 6.45) is 6.51. The predicted molar refractivity (Wildman–Crippen MR) is 83.7 cm³/mol. The van der Waals surface area contributed by atoms with Crippen LogP contribution in [0.4, 0.5) is 4.79 Å². The molecule has 0 bridgehead atoms. The number of rotatable bonds is 6. The highest BCUT2D eigenvalue weighted by atomic mass is 16.7. The van der Waals surface area contributed by atoms with Crippen molar-refractivity contribution in [2.24, 2.45) is 11.7 Å². The van der Waals surface area contributed by atoms with E-state index in [-0.39, 0.29) is 6.04 Å². The molecule has 1 rings (SSSR count). The van der Waals surface area contributed by atoms with Gasteiger partial charge in [0.1, 0.15) is 5.60 Å². The monoisotopic (exact) mass is 300 g/mol. The Kier molecular flexibility index (Phi) is 7.46. The quantitative estimate of drug-likeness (QED) is 0.763. The summed E-state index contributed by atoms with van der Waals surface area (Å²) in [5.41, 5.74) is 5.23. The molecule has 0 spiro atoms. The Labute approximate surface area is 129 Å². The number of hydrogen-bond donors (Lipinski definition) is 1. The van der Waals surface area contributed by atoms with E-state index >= 15 is 0 Å². The normalized spacial score (nSPS) is 18.3. The second-order valence-electron chi connectivity index (χ2n) is 6.90. The molecule has 0 aromatic rings. The average molecular weight is 300 g/mol. The van der Waals surface area contributed by atoms with Gasteiger partial charge in [-0.15, -0.1) is 0 Å². The fraction of sp³-hybridized carbons (Fsp3) is 0.938. The highest BCUT2D eigenvalue weighted by molar-refractivity contribution is 5.67. The van der Waals surface area contributed by atoms with Gasteiger partial charge in [0.2, 0.25) is 0 Å². The predicted octanol–water partition coefficient (Wildman–Crippen LogP) is 3.47. The van der Waals surface area contributed by atoms with Crippen molar-refractivity contribution >= 4 is 6.09 Å². The van der Waals surface area contributed by atoms with Crippen molar-refractivity contribution in [1.29, 1.82) is 0 Å². The second-order valence-corrected chi connectivity index (χ2v) is 6.90. The molecule has 1 unspecified atom stereocenters. The van der Waals surface area contributed by atoms with Crippen molar-refractivity contribution in [3.63, 3.8) is 0 Å². The first kappa shape index (κ1) is 18.2. The summed E-state index contributed by atoms with van der Waals surface area (Å²) in [6, 6.07) is -0.136. The van der Waals surface area contributed by atoms with Crippen LogP contribution < -0.4 is 5.73 Å². The Morgan fingerprint density at radius 2 is 1.90 bits per heavy atom. The van der Waals surface area contributed by atoms with Crippen LogP contribution in [-0.2, 0) is 9.57 Å². The van der Waals surface area contributed by atoms with Gasteiger partial charge in [-0.3, -0.25) is 4.84 Å². The molecule has 21 heavy (non-hydrogen) atoms. The minimum atomic E-state index is -0.531. The summed E-state index contributed by atoms with van der Waals surface area (Å²) in [6.45, 7) is 8.52. The van der Waals surface area contributed by atoms with E-state index < -0.39 is 11.7 Å². The van der Waals surface area contributed by atoms with Gasteiger partial charge in [-0.2, -0.15) is 5.06 Å². The summed E-state index contributed by atoms with van der Waals surface area (Å²) in [5.74, 6) is 0.541. The van der Waals surface area contributed by atoms with Gasteiger partial charge in [-0.1, -0.05) is 26.2 Å². The van der Waals surface area contributed by atoms with Crippen LogP contribution in [0, 0.1) is 5.92 Å². The largest absolute Gasteiger partial charge is 0.442 e. The second kappa shape index (κ2) is 8.59. The van der Waals surface area contributed by atoms with Crippen LogP contribution in [0.2, 0.25) is 0 Å². The van der Waals surface area contributed by atoms with Gasteiger partial charge in [-0.05, 0) is 46.0 Å². The zero-order chi connectivity index (χ0) is 15.9. The van der Waals surface area contributed by atoms with E-state index in [9.17, 15) is 4.79 Å². The van der Waals surface area contributed by atoms with Gasteiger partial charge < -0.3 is 10.5 Å². The van der Waals surface area contributed by atoms with Gasteiger partial charge in [0.05, 0.1) is 12.6 Å². The molecule has 2 N–H and O–H groups in total. The lowest BCUT2D eigenvalue weighted by Gasteiger charge is -2.33. The minimum absolute atomic E-state index is 0.136. The maximum Gasteiger partial charge on any atom is 0.434 e. The van der Waals surface area contributed by atoms with Gasteiger partial charge in [0.25, 0.3) is 0 Å². The van der Waals surface area contributed by atoms with Crippen LogP contribution in [0.25, 0.3) is 0 Å². The van der Waals surface area contributed by atoms with E-state index in [1.54, 1.807) is 0 Å². The van der Waals surface area contributed by atoms with E-state index in [0.717, 1.165) is 6.42 Å². The van der Waals surface area contributed by atoms with Crippen LogP contribution >= 0.6 is 0 Å². The lowest BCUT2D eigenvalue weighted by molar-refractivity contribution is -0.179. The molecule has 0 heterocycles. The fourth-order valence-corrected chi connectivity index (χ4v) is 2.58. The Morgan fingerprint density at radius 1 is 1.29 bits per heavy atom. The molecule has 0 aliphatic heterocycles. The smallest absolute Gasteiger partial charge is 0.434 e. The number of carbonyl (C=O) groups is 1. The van der Waals surface area contributed by atoms with Gasteiger partial charge in [0, 0.05) is 6.54 Å². The molecule has 124 valence electrons. The number of carbonyl (C=O) groups excluding carboxylic acids is 1. The minimum Gasteiger partial charge on any atom is -0.442 e. The molecular formula is C16H32N2O3. The molecular weight excluding hydrogens is 268 g/mol. The first-order valence-electron chi connectivity index (χ1n) is 8.22. The summed E-state index contributed by atoms with van der Waals surface area (Å²) in [5, 5.41) is 1.36. The van der Waals surface area contributed by atoms with E-state index in [4.69, 9.17) is 15.3 Å². The van der Waals surface area contributed by atoms with Crippen LogP contribution in [0.1, 0.15) is 66.2 Å². The Morgan fingerprint density at radius 3 is 2.38 bits per heavy atom. The summed E-state index contributed by atoms with van der Waals surface area (Å²) >= 11 is 0. The third-order valence-electron chi connectivity index (χ3n) is 3.82. The number of ether oxygens (including phenoxy) is 1. The highest BCUT2D eigenvalue weighted by Gasteiger charge is 2.29. The van der Waals surface area contributed by atoms with Crippen LogP contribution in [0.15, 0.2) is 0 Å².